The smallest absolute Gasteiger partial charge is 0.194 e. The molecule has 26 heavy (non-hydrogen) atoms. The van der Waals surface area contributed by atoms with Crippen molar-refractivity contribution in [3.63, 3.8) is 0 Å². The van der Waals surface area contributed by atoms with E-state index in [1.807, 2.05) is 30.3 Å². The molecule has 0 amide bonds. The molecule has 0 spiro atoms. The second kappa shape index (κ2) is 6.31. The van der Waals surface area contributed by atoms with E-state index < -0.39 is 23.7 Å². The van der Waals surface area contributed by atoms with Crippen LogP contribution in [0.15, 0.2) is 48.7 Å². The molecule has 1 aliphatic heterocycles. The Hall–Kier alpha value is -2.55. The van der Waals surface area contributed by atoms with Gasteiger partial charge in [-0.05, 0) is 12.1 Å². The van der Waals surface area contributed by atoms with Crippen molar-refractivity contribution in [3.8, 4) is 0 Å². The first kappa shape index (κ1) is 16.9. The van der Waals surface area contributed by atoms with Crippen LogP contribution in [0.2, 0.25) is 0 Å². The van der Waals surface area contributed by atoms with Gasteiger partial charge in [0.2, 0.25) is 0 Å². The summed E-state index contributed by atoms with van der Waals surface area (Å²) < 4.78 is 51.3. The second-order valence-electron chi connectivity index (χ2n) is 6.22. The van der Waals surface area contributed by atoms with Crippen LogP contribution in [0.5, 0.6) is 0 Å². The Bertz CT molecular complexity index is 827. The molecule has 1 saturated carbocycles. The standard InChI is InChI=1S/C18H16F3N3O2/c19-11-6-10(7-12(20)14(11)21)13(22)8-24(23)15-16-17(15)26-18(25-16)9-4-2-1-3-5-9/h1-8,15-18H,22-23H2/b13-8-. The van der Waals surface area contributed by atoms with Crippen molar-refractivity contribution in [1.29, 1.82) is 0 Å². The van der Waals surface area contributed by atoms with Gasteiger partial charge in [-0.2, -0.15) is 0 Å². The third kappa shape index (κ3) is 2.92. The van der Waals surface area contributed by atoms with Crippen molar-refractivity contribution in [2.75, 3.05) is 0 Å². The number of hydrogen-bond donors (Lipinski definition) is 2. The lowest BCUT2D eigenvalue weighted by Crippen LogP contribution is -2.34. The van der Waals surface area contributed by atoms with Gasteiger partial charge in [0.15, 0.2) is 23.7 Å². The lowest BCUT2D eigenvalue weighted by atomic mass is 10.1. The highest BCUT2D eigenvalue weighted by Crippen LogP contribution is 2.47. The predicted octanol–water partition coefficient (Wildman–Crippen LogP) is 2.40. The fourth-order valence-electron chi connectivity index (χ4n) is 3.03. The van der Waals surface area contributed by atoms with E-state index in [2.05, 4.69) is 0 Å². The van der Waals surface area contributed by atoms with Gasteiger partial charge >= 0.3 is 0 Å². The molecular formula is C18H16F3N3O2. The fourth-order valence-corrected chi connectivity index (χ4v) is 3.03. The van der Waals surface area contributed by atoms with Crippen LogP contribution in [-0.4, -0.2) is 23.3 Å². The van der Waals surface area contributed by atoms with Crippen molar-refractivity contribution >= 4 is 5.70 Å². The van der Waals surface area contributed by atoms with E-state index in [4.69, 9.17) is 21.1 Å². The predicted molar refractivity (Wildman–Crippen MR) is 87.2 cm³/mol. The first-order chi connectivity index (χ1) is 12.5. The van der Waals surface area contributed by atoms with E-state index >= 15 is 0 Å². The Morgan fingerprint density at radius 1 is 1.00 bits per heavy atom. The van der Waals surface area contributed by atoms with Crippen molar-refractivity contribution in [3.05, 3.63) is 77.2 Å². The molecule has 2 aromatic carbocycles. The van der Waals surface area contributed by atoms with Crippen LogP contribution in [0, 0.1) is 17.5 Å². The summed E-state index contributed by atoms with van der Waals surface area (Å²) in [6.45, 7) is 0. The summed E-state index contributed by atoms with van der Waals surface area (Å²) in [5, 5.41) is 1.28. The maximum atomic E-state index is 13.3. The van der Waals surface area contributed by atoms with Gasteiger partial charge in [-0.25, -0.2) is 19.0 Å². The van der Waals surface area contributed by atoms with Crippen LogP contribution >= 0.6 is 0 Å². The topological polar surface area (TPSA) is 73.7 Å². The maximum Gasteiger partial charge on any atom is 0.194 e. The molecule has 4 N–H and O–H groups in total. The highest BCUT2D eigenvalue weighted by molar-refractivity contribution is 5.62. The SMILES string of the molecule is N/C(=C\N(N)C1C2OC(c3ccccc3)OC21)c1cc(F)c(F)c(F)c1. The summed E-state index contributed by atoms with van der Waals surface area (Å²) >= 11 is 0. The number of hydrogen-bond acceptors (Lipinski definition) is 5. The van der Waals surface area contributed by atoms with Crippen LogP contribution in [-0.2, 0) is 9.47 Å². The summed E-state index contributed by atoms with van der Waals surface area (Å²) in [6.07, 6.45) is 0.420. The number of halogens is 3. The number of nitrogens with zero attached hydrogens (tertiary/aromatic N) is 1. The Balaban J connectivity index is 1.43. The van der Waals surface area contributed by atoms with Crippen LogP contribution in [0.1, 0.15) is 17.4 Å². The molecule has 2 aromatic rings. The Labute approximate surface area is 147 Å². The maximum absolute atomic E-state index is 13.3. The summed E-state index contributed by atoms with van der Waals surface area (Å²) in [5.41, 5.74) is 6.72. The molecule has 0 bridgehead atoms. The number of ether oxygens (including phenoxy) is 2. The van der Waals surface area contributed by atoms with Gasteiger partial charge in [-0.1, -0.05) is 30.3 Å². The van der Waals surface area contributed by atoms with E-state index in [-0.39, 0.29) is 29.5 Å². The number of rotatable bonds is 4. The van der Waals surface area contributed by atoms with Gasteiger partial charge in [0, 0.05) is 17.3 Å². The lowest BCUT2D eigenvalue weighted by molar-refractivity contribution is -0.106. The Morgan fingerprint density at radius 3 is 2.15 bits per heavy atom. The third-order valence-corrected chi connectivity index (χ3v) is 4.44. The minimum atomic E-state index is -1.54. The molecule has 1 saturated heterocycles. The van der Waals surface area contributed by atoms with E-state index in [0.717, 1.165) is 17.7 Å². The normalized spacial score (nSPS) is 27.3. The molecular weight excluding hydrogens is 347 g/mol. The largest absolute Gasteiger partial charge is 0.397 e. The average molecular weight is 363 g/mol. The summed E-state index contributed by atoms with van der Waals surface area (Å²) in [7, 11) is 0. The summed E-state index contributed by atoms with van der Waals surface area (Å²) in [4.78, 5) is 0. The van der Waals surface area contributed by atoms with Crippen LogP contribution < -0.4 is 11.6 Å². The Kier molecular flexibility index (Phi) is 4.10. The fraction of sp³-hybridized carbons (Fsp3) is 0.222. The number of nitrogens with two attached hydrogens (primary N) is 2. The second-order valence-corrected chi connectivity index (χ2v) is 6.22. The zero-order chi connectivity index (χ0) is 18.4. The molecule has 136 valence electrons. The molecule has 5 nitrogen and oxygen atoms in total. The molecule has 2 atom stereocenters. The molecule has 2 fully saturated rings. The molecule has 4 rings (SSSR count). The molecule has 1 heterocycles. The van der Waals surface area contributed by atoms with Crippen molar-refractivity contribution in [2.24, 2.45) is 11.6 Å². The van der Waals surface area contributed by atoms with Gasteiger partial charge in [-0.15, -0.1) is 0 Å². The van der Waals surface area contributed by atoms with Crippen molar-refractivity contribution in [2.45, 2.75) is 24.5 Å². The van der Waals surface area contributed by atoms with Crippen molar-refractivity contribution < 1.29 is 22.6 Å². The van der Waals surface area contributed by atoms with E-state index in [9.17, 15) is 13.2 Å². The summed E-state index contributed by atoms with van der Waals surface area (Å²) in [5.74, 6) is 1.77. The zero-order valence-corrected chi connectivity index (χ0v) is 13.5. The number of hydrazine groups is 1. The first-order valence-electron chi connectivity index (χ1n) is 7.97. The highest BCUT2D eigenvalue weighted by atomic mass is 19.2. The molecule has 8 heteroatoms. The van der Waals surface area contributed by atoms with Crippen LogP contribution in [0.4, 0.5) is 13.2 Å². The third-order valence-electron chi connectivity index (χ3n) is 4.44. The molecule has 2 aliphatic rings. The van der Waals surface area contributed by atoms with Gasteiger partial charge in [0.05, 0.1) is 5.70 Å². The quantitative estimate of drug-likeness (QED) is 0.496. The zero-order valence-electron chi connectivity index (χ0n) is 13.5. The van der Waals surface area contributed by atoms with Gasteiger partial charge in [0.1, 0.15) is 18.2 Å². The van der Waals surface area contributed by atoms with E-state index in [0.29, 0.717) is 0 Å². The molecule has 1 aliphatic carbocycles. The minimum absolute atomic E-state index is 0.00474. The number of fused-ring (bicyclic) bond motifs is 1. The Morgan fingerprint density at radius 2 is 1.58 bits per heavy atom. The molecule has 0 aromatic heterocycles. The van der Waals surface area contributed by atoms with Crippen LogP contribution in [0.3, 0.4) is 0 Å². The first-order valence-corrected chi connectivity index (χ1v) is 7.97. The van der Waals surface area contributed by atoms with Gasteiger partial charge in [0.25, 0.3) is 0 Å². The minimum Gasteiger partial charge on any atom is -0.397 e. The van der Waals surface area contributed by atoms with E-state index in [1.165, 1.54) is 11.2 Å². The number of benzene rings is 2. The summed E-state index contributed by atoms with van der Waals surface area (Å²) in [6, 6.07) is 10.8. The van der Waals surface area contributed by atoms with Crippen LogP contribution in [0.25, 0.3) is 5.70 Å². The highest BCUT2D eigenvalue weighted by Gasteiger charge is 2.62. The van der Waals surface area contributed by atoms with Crippen molar-refractivity contribution in [1.82, 2.24) is 5.01 Å². The van der Waals surface area contributed by atoms with E-state index in [1.54, 1.807) is 0 Å². The monoisotopic (exact) mass is 363 g/mol. The van der Waals surface area contributed by atoms with Gasteiger partial charge < -0.3 is 20.2 Å². The molecule has 2 unspecified atom stereocenters. The van der Waals surface area contributed by atoms with Gasteiger partial charge in [-0.3, -0.25) is 0 Å². The lowest BCUT2D eigenvalue weighted by Gasteiger charge is -2.20. The molecule has 0 radical (unpaired) electrons. The average Bonchev–Trinajstić information content (AvgIpc) is 3.14.